The quantitative estimate of drug-likeness (QED) is 0.345. The first-order valence-electron chi connectivity index (χ1n) is 8.86. The summed E-state index contributed by atoms with van der Waals surface area (Å²) in [5.74, 6) is 0.225. The Labute approximate surface area is 158 Å². The topological polar surface area (TPSA) is 39.2 Å². The van der Waals surface area contributed by atoms with Gasteiger partial charge in [0, 0.05) is 17.9 Å². The van der Waals surface area contributed by atoms with E-state index in [0.29, 0.717) is 5.75 Å². The van der Waals surface area contributed by atoms with Gasteiger partial charge >= 0.3 is 5.97 Å². The van der Waals surface area contributed by atoms with Crippen molar-refractivity contribution >= 4 is 16.9 Å². The summed E-state index contributed by atoms with van der Waals surface area (Å²) in [6, 6.07) is 26.2. The van der Waals surface area contributed by atoms with Crippen molar-refractivity contribution in [3.63, 3.8) is 0 Å². The van der Waals surface area contributed by atoms with Gasteiger partial charge in [0.25, 0.3) is 0 Å². The minimum absolute atomic E-state index is 0.320. The fraction of sp³-hybridized carbons (Fsp3) is 0.0833. The standard InChI is InChI=1S/C24H19NO2/c1-16-8-13-23-22(14-16)21(15-24(25-23)19-6-4-3-5-7-19)18-9-11-20(12-10-18)27-17(2)26/h3-15H,1-2H3. The number of carbonyl (C=O) groups excluding carboxylic acids is 1. The average molecular weight is 353 g/mol. The molecule has 1 heterocycles. The van der Waals surface area contributed by atoms with Crippen LogP contribution in [0.2, 0.25) is 0 Å². The van der Waals surface area contributed by atoms with Crippen LogP contribution in [0.3, 0.4) is 0 Å². The molecule has 0 aliphatic heterocycles. The number of hydrogen-bond acceptors (Lipinski definition) is 3. The van der Waals surface area contributed by atoms with Gasteiger partial charge < -0.3 is 4.74 Å². The monoisotopic (exact) mass is 353 g/mol. The number of aromatic nitrogens is 1. The van der Waals surface area contributed by atoms with Gasteiger partial charge in [0.1, 0.15) is 5.75 Å². The zero-order valence-corrected chi connectivity index (χ0v) is 15.3. The number of ether oxygens (including phenoxy) is 1. The van der Waals surface area contributed by atoms with Crippen molar-refractivity contribution in [3.8, 4) is 28.1 Å². The van der Waals surface area contributed by atoms with Crippen LogP contribution in [0.1, 0.15) is 12.5 Å². The Kier molecular flexibility index (Phi) is 4.43. The number of carbonyl (C=O) groups is 1. The third kappa shape index (κ3) is 3.58. The maximum atomic E-state index is 11.2. The molecule has 0 fully saturated rings. The summed E-state index contributed by atoms with van der Waals surface area (Å²) in [6.45, 7) is 3.48. The summed E-state index contributed by atoms with van der Waals surface area (Å²) in [4.78, 5) is 16.0. The molecule has 0 radical (unpaired) electrons. The Morgan fingerprint density at radius 1 is 0.852 bits per heavy atom. The number of benzene rings is 3. The zero-order valence-electron chi connectivity index (χ0n) is 15.3. The Morgan fingerprint density at radius 3 is 2.30 bits per heavy atom. The summed E-state index contributed by atoms with van der Waals surface area (Å²) in [7, 11) is 0. The molecule has 3 aromatic carbocycles. The van der Waals surface area contributed by atoms with E-state index >= 15 is 0 Å². The highest BCUT2D eigenvalue weighted by Gasteiger charge is 2.10. The van der Waals surface area contributed by atoms with E-state index in [4.69, 9.17) is 9.72 Å². The third-order valence-electron chi connectivity index (χ3n) is 4.46. The van der Waals surface area contributed by atoms with Crippen molar-refractivity contribution in [3.05, 3.63) is 84.4 Å². The highest BCUT2D eigenvalue weighted by Crippen LogP contribution is 2.33. The smallest absolute Gasteiger partial charge is 0.308 e. The summed E-state index contributed by atoms with van der Waals surface area (Å²) < 4.78 is 5.15. The number of hydrogen-bond donors (Lipinski definition) is 0. The van der Waals surface area contributed by atoms with Gasteiger partial charge in [0.15, 0.2) is 0 Å². The average Bonchev–Trinajstić information content (AvgIpc) is 2.68. The van der Waals surface area contributed by atoms with Crippen molar-refractivity contribution in [2.75, 3.05) is 0 Å². The molecular formula is C24H19NO2. The number of aryl methyl sites for hydroxylation is 1. The van der Waals surface area contributed by atoms with Crippen molar-refractivity contribution < 1.29 is 9.53 Å². The van der Waals surface area contributed by atoms with E-state index in [2.05, 4.69) is 43.3 Å². The largest absolute Gasteiger partial charge is 0.427 e. The van der Waals surface area contributed by atoms with Gasteiger partial charge in [0.2, 0.25) is 0 Å². The predicted molar refractivity (Wildman–Crippen MR) is 109 cm³/mol. The molecule has 4 rings (SSSR count). The van der Waals surface area contributed by atoms with E-state index in [-0.39, 0.29) is 5.97 Å². The Morgan fingerprint density at radius 2 is 1.59 bits per heavy atom. The van der Waals surface area contributed by atoms with Crippen molar-refractivity contribution in [1.82, 2.24) is 4.98 Å². The minimum Gasteiger partial charge on any atom is -0.427 e. The molecule has 0 bridgehead atoms. The van der Waals surface area contributed by atoms with Gasteiger partial charge in [-0.15, -0.1) is 0 Å². The molecule has 0 aliphatic carbocycles. The van der Waals surface area contributed by atoms with Crippen LogP contribution in [-0.2, 0) is 4.79 Å². The van der Waals surface area contributed by atoms with E-state index in [1.165, 1.54) is 12.5 Å². The van der Waals surface area contributed by atoms with Crippen LogP contribution in [0.25, 0.3) is 33.3 Å². The number of nitrogens with zero attached hydrogens (tertiary/aromatic N) is 1. The molecule has 27 heavy (non-hydrogen) atoms. The first kappa shape index (κ1) is 17.0. The summed E-state index contributed by atoms with van der Waals surface area (Å²) in [5, 5.41) is 1.11. The summed E-state index contributed by atoms with van der Waals surface area (Å²) in [5.41, 5.74) is 6.33. The molecule has 0 unspecified atom stereocenters. The first-order valence-corrected chi connectivity index (χ1v) is 8.86. The van der Waals surface area contributed by atoms with Gasteiger partial charge in [-0.05, 0) is 48.4 Å². The van der Waals surface area contributed by atoms with E-state index in [1.54, 1.807) is 0 Å². The molecule has 1 aromatic heterocycles. The second kappa shape index (κ2) is 7.04. The zero-order chi connectivity index (χ0) is 18.8. The molecule has 0 atom stereocenters. The summed E-state index contributed by atoms with van der Waals surface area (Å²) in [6.07, 6.45) is 0. The van der Waals surface area contributed by atoms with E-state index in [0.717, 1.165) is 33.3 Å². The third-order valence-corrected chi connectivity index (χ3v) is 4.46. The summed E-state index contributed by atoms with van der Waals surface area (Å²) >= 11 is 0. The lowest BCUT2D eigenvalue weighted by Gasteiger charge is -2.12. The molecule has 3 heteroatoms. The van der Waals surface area contributed by atoms with Gasteiger partial charge in [-0.3, -0.25) is 4.79 Å². The van der Waals surface area contributed by atoms with E-state index < -0.39 is 0 Å². The van der Waals surface area contributed by atoms with Crippen LogP contribution in [0, 0.1) is 6.92 Å². The number of pyridine rings is 1. The van der Waals surface area contributed by atoms with Crippen LogP contribution < -0.4 is 4.74 Å². The molecule has 0 saturated carbocycles. The number of esters is 1. The van der Waals surface area contributed by atoms with E-state index in [1.807, 2.05) is 42.5 Å². The molecule has 3 nitrogen and oxygen atoms in total. The molecule has 4 aromatic rings. The maximum Gasteiger partial charge on any atom is 0.308 e. The fourth-order valence-corrected chi connectivity index (χ4v) is 3.20. The van der Waals surface area contributed by atoms with Gasteiger partial charge in [-0.2, -0.15) is 0 Å². The van der Waals surface area contributed by atoms with Crippen LogP contribution in [0.15, 0.2) is 78.9 Å². The highest BCUT2D eigenvalue weighted by molar-refractivity contribution is 5.97. The molecule has 0 aliphatic rings. The Bertz CT molecular complexity index is 1120. The van der Waals surface area contributed by atoms with Crippen LogP contribution in [-0.4, -0.2) is 11.0 Å². The SMILES string of the molecule is CC(=O)Oc1ccc(-c2cc(-c3ccccc3)nc3ccc(C)cc23)cc1. The van der Waals surface area contributed by atoms with Gasteiger partial charge in [0.05, 0.1) is 11.2 Å². The maximum absolute atomic E-state index is 11.2. The van der Waals surface area contributed by atoms with Crippen LogP contribution >= 0.6 is 0 Å². The van der Waals surface area contributed by atoms with Crippen molar-refractivity contribution in [2.45, 2.75) is 13.8 Å². The number of rotatable bonds is 3. The number of fused-ring (bicyclic) bond motifs is 1. The molecule has 0 N–H and O–H groups in total. The molecule has 0 amide bonds. The fourth-order valence-electron chi connectivity index (χ4n) is 3.20. The van der Waals surface area contributed by atoms with Gasteiger partial charge in [-0.1, -0.05) is 54.1 Å². The minimum atomic E-state index is -0.320. The molecule has 0 spiro atoms. The lowest BCUT2D eigenvalue weighted by atomic mass is 9.97. The lowest BCUT2D eigenvalue weighted by molar-refractivity contribution is -0.131. The molecular weight excluding hydrogens is 334 g/mol. The Balaban J connectivity index is 1.89. The normalized spacial score (nSPS) is 10.7. The second-order valence-corrected chi connectivity index (χ2v) is 6.56. The van der Waals surface area contributed by atoms with E-state index in [9.17, 15) is 4.79 Å². The predicted octanol–water partition coefficient (Wildman–Crippen LogP) is 5.80. The first-order chi connectivity index (χ1) is 13.1. The van der Waals surface area contributed by atoms with Gasteiger partial charge in [-0.25, -0.2) is 4.98 Å². The van der Waals surface area contributed by atoms with Crippen molar-refractivity contribution in [1.29, 1.82) is 0 Å². The molecule has 0 saturated heterocycles. The second-order valence-electron chi connectivity index (χ2n) is 6.56. The van der Waals surface area contributed by atoms with Crippen LogP contribution in [0.4, 0.5) is 0 Å². The highest BCUT2D eigenvalue weighted by atomic mass is 16.5. The van der Waals surface area contributed by atoms with Crippen LogP contribution in [0.5, 0.6) is 5.75 Å². The Hall–Kier alpha value is -3.46. The lowest BCUT2D eigenvalue weighted by Crippen LogP contribution is -2.00. The van der Waals surface area contributed by atoms with Crippen molar-refractivity contribution in [2.24, 2.45) is 0 Å². The molecule has 132 valence electrons.